The van der Waals surface area contributed by atoms with Crippen LogP contribution in [0.15, 0.2) is 121 Å². The Morgan fingerprint density at radius 1 is 0.317 bits per heavy atom. The number of nitrogens with zero attached hydrogens (tertiary/aromatic N) is 2. The van der Waals surface area contributed by atoms with Crippen molar-refractivity contribution in [3.05, 3.63) is 144 Å². The molecule has 0 spiro atoms. The first-order valence-corrected chi connectivity index (χ1v) is 37.9. The van der Waals surface area contributed by atoms with Crippen molar-refractivity contribution in [3.63, 3.8) is 0 Å². The number of aromatic amines is 2. The van der Waals surface area contributed by atoms with E-state index < -0.39 is 16.1 Å². The molecule has 0 saturated heterocycles. The first-order valence-electron chi connectivity index (χ1n) is 33.1. The molecule has 3 aromatic heterocycles. The van der Waals surface area contributed by atoms with E-state index in [1.165, 1.54) is 223 Å². The van der Waals surface area contributed by atoms with Gasteiger partial charge in [0.05, 0.1) is 22.8 Å². The molecule has 4 aliphatic heterocycles. The molecule has 4 aromatic carbocycles. The van der Waals surface area contributed by atoms with Crippen molar-refractivity contribution in [2.24, 2.45) is 0 Å². The minimum Gasteiger partial charge on any atom is -0.355 e. The summed E-state index contributed by atoms with van der Waals surface area (Å²) in [5, 5.41) is 6.64. The van der Waals surface area contributed by atoms with Gasteiger partial charge in [0.1, 0.15) is 16.1 Å². The van der Waals surface area contributed by atoms with Gasteiger partial charge in [-0.3, -0.25) is 0 Å². The van der Waals surface area contributed by atoms with E-state index in [9.17, 15) is 0 Å². The molecule has 0 amide bonds. The zero-order valence-corrected chi connectivity index (χ0v) is 52.5. The Morgan fingerprint density at radius 3 is 1.02 bits per heavy atom. The highest BCUT2D eigenvalue weighted by atomic mass is 28.3. The second-order valence-corrected chi connectivity index (χ2v) is 33.4. The van der Waals surface area contributed by atoms with Crippen LogP contribution in [0.1, 0.15) is 205 Å². The summed E-state index contributed by atoms with van der Waals surface area (Å²) in [6.07, 6.45) is 40.8. The SMILES string of the molecule is CCCCCCCC[Si]1(CCCCCCCC)c2ccccc2-c2cccc(-c3c4nc(cc5ccc([nH]5)c(-c5cccc6c5[Si](CCCCCCCC)(CCCCCCCC)c5ccccc5-6)c5nc(cc6ccc3[nH]6)C=C5)C=C4)c21. The molecule has 0 radical (unpaired) electrons. The predicted molar refractivity (Wildman–Crippen MR) is 363 cm³/mol. The van der Waals surface area contributed by atoms with E-state index in [0.29, 0.717) is 0 Å². The van der Waals surface area contributed by atoms with Gasteiger partial charge in [0, 0.05) is 33.2 Å². The lowest BCUT2D eigenvalue weighted by atomic mass is 9.98. The second kappa shape index (κ2) is 27.5. The van der Waals surface area contributed by atoms with Crippen LogP contribution in [0.4, 0.5) is 0 Å². The third-order valence-electron chi connectivity index (χ3n) is 19.3. The average Bonchev–Trinajstić information content (AvgIpc) is 4.55. The summed E-state index contributed by atoms with van der Waals surface area (Å²) in [6.45, 7) is 9.34. The van der Waals surface area contributed by atoms with Crippen molar-refractivity contribution in [1.82, 2.24) is 19.9 Å². The molecular formula is C76H94N4Si2. The van der Waals surface area contributed by atoms with Gasteiger partial charge in [-0.15, -0.1) is 0 Å². The number of benzene rings is 4. The number of hydrogen-bond donors (Lipinski definition) is 2. The van der Waals surface area contributed by atoms with Crippen molar-refractivity contribution in [1.29, 1.82) is 0 Å². The largest absolute Gasteiger partial charge is 0.355 e. The number of nitrogens with one attached hydrogen (secondary N) is 2. The van der Waals surface area contributed by atoms with Gasteiger partial charge in [0.2, 0.25) is 0 Å². The van der Waals surface area contributed by atoms with Crippen LogP contribution in [0.25, 0.3) is 90.9 Å². The molecule has 8 bridgehead atoms. The maximum atomic E-state index is 5.64. The fraction of sp³-hybridized carbons (Fsp3) is 0.421. The van der Waals surface area contributed by atoms with Crippen LogP contribution in [0.2, 0.25) is 24.2 Å². The van der Waals surface area contributed by atoms with Gasteiger partial charge in [-0.25, -0.2) is 9.97 Å². The Balaban J connectivity index is 1.06. The molecule has 82 heavy (non-hydrogen) atoms. The highest BCUT2D eigenvalue weighted by Crippen LogP contribution is 2.43. The third kappa shape index (κ3) is 12.1. The van der Waals surface area contributed by atoms with Gasteiger partial charge in [0.15, 0.2) is 0 Å². The van der Waals surface area contributed by atoms with Crippen LogP contribution in [-0.2, 0) is 0 Å². The van der Waals surface area contributed by atoms with Gasteiger partial charge in [0.25, 0.3) is 0 Å². The van der Waals surface area contributed by atoms with Crippen molar-refractivity contribution in [2.75, 3.05) is 0 Å². The Hall–Kier alpha value is -6.09. The van der Waals surface area contributed by atoms with E-state index in [1.807, 2.05) is 0 Å². The number of hydrogen-bond acceptors (Lipinski definition) is 2. The normalized spacial score (nSPS) is 14.1. The molecule has 426 valence electrons. The fourth-order valence-electron chi connectivity index (χ4n) is 15.3. The average molecular weight is 1120 g/mol. The van der Waals surface area contributed by atoms with E-state index in [4.69, 9.17) is 9.97 Å². The summed E-state index contributed by atoms with van der Waals surface area (Å²) in [6, 6.07) is 52.7. The van der Waals surface area contributed by atoms with E-state index >= 15 is 0 Å². The van der Waals surface area contributed by atoms with Crippen molar-refractivity contribution < 1.29 is 0 Å². The fourth-order valence-corrected chi connectivity index (χ4v) is 27.0. The molecule has 6 heteroatoms. The number of rotatable bonds is 30. The zero-order chi connectivity index (χ0) is 56.1. The maximum Gasteiger partial charge on any atom is 0.120 e. The summed E-state index contributed by atoms with van der Waals surface area (Å²) in [5.74, 6) is 0. The maximum absolute atomic E-state index is 5.64. The number of unbranched alkanes of at least 4 members (excludes halogenated alkanes) is 20. The standard InChI is InChI=1S/C76H94N4Si2/c1-5-9-13-17-21-29-51-81(52-30-22-18-14-10-6-2)71-41-27-25-35-61(71)63-37-33-39-65(75(63)81)73-67-47-43-57(77-67)55-59-45-49-69(79-59)74(70-50-46-60(80-70)56-58-44-48-68(73)78-58)66-40-34-38-64-62-36-26-28-42-72(62)82(76(64)66,53-31-23-19-15-11-7-3)54-32-24-20-16-12-8-4/h25-28,33-50,55-56,77,80H,5-24,29-32,51-54H2,1-4H3. The Labute approximate surface area is 494 Å². The lowest BCUT2D eigenvalue weighted by molar-refractivity contribution is 0.616. The molecule has 4 aliphatic rings. The molecule has 0 fully saturated rings. The van der Waals surface area contributed by atoms with Crippen molar-refractivity contribution >= 4 is 83.3 Å². The molecule has 0 saturated carbocycles. The third-order valence-corrected chi connectivity index (χ3v) is 30.1. The number of aromatic nitrogens is 4. The van der Waals surface area contributed by atoms with Crippen LogP contribution < -0.4 is 20.7 Å². The monoisotopic (exact) mass is 1120 g/mol. The minimum absolute atomic E-state index is 0.973. The first-order chi connectivity index (χ1) is 40.5. The molecule has 0 atom stereocenters. The Bertz CT molecular complexity index is 3270. The first kappa shape index (κ1) is 57.7. The summed E-state index contributed by atoms with van der Waals surface area (Å²) in [7, 11) is -4.53. The second-order valence-electron chi connectivity index (χ2n) is 25.0. The highest BCUT2D eigenvalue weighted by molar-refractivity contribution is 7.07. The van der Waals surface area contributed by atoms with Crippen LogP contribution in [0, 0.1) is 0 Å². The molecule has 0 unspecified atom stereocenters. The smallest absolute Gasteiger partial charge is 0.120 e. The molecule has 2 N–H and O–H groups in total. The molecule has 11 rings (SSSR count). The number of fused-ring (bicyclic) bond motifs is 14. The zero-order valence-electron chi connectivity index (χ0n) is 50.5. The number of H-pyrrole nitrogens is 2. The van der Waals surface area contributed by atoms with Crippen LogP contribution in [-0.4, -0.2) is 36.1 Å². The van der Waals surface area contributed by atoms with Crippen LogP contribution in [0.5, 0.6) is 0 Å². The van der Waals surface area contributed by atoms with Crippen LogP contribution in [0.3, 0.4) is 0 Å². The van der Waals surface area contributed by atoms with Crippen molar-refractivity contribution in [3.8, 4) is 44.5 Å². The molecule has 0 aliphatic carbocycles. The Kier molecular flexibility index (Phi) is 19.4. The molecule has 7 aromatic rings. The summed E-state index contributed by atoms with van der Waals surface area (Å²) >= 11 is 0. The summed E-state index contributed by atoms with van der Waals surface area (Å²) in [4.78, 5) is 19.3. The van der Waals surface area contributed by atoms with E-state index in [0.717, 1.165) is 44.8 Å². The Morgan fingerprint density at radius 2 is 0.646 bits per heavy atom. The van der Waals surface area contributed by atoms with Gasteiger partial charge in [-0.1, -0.05) is 267 Å². The van der Waals surface area contributed by atoms with Gasteiger partial charge < -0.3 is 9.97 Å². The van der Waals surface area contributed by atoms with E-state index in [1.54, 1.807) is 20.7 Å². The minimum atomic E-state index is -2.26. The van der Waals surface area contributed by atoms with Crippen LogP contribution >= 0.6 is 0 Å². The lowest BCUT2D eigenvalue weighted by Gasteiger charge is -2.32. The highest BCUT2D eigenvalue weighted by Gasteiger charge is 2.48. The molecule has 7 heterocycles. The van der Waals surface area contributed by atoms with E-state index in [-0.39, 0.29) is 0 Å². The van der Waals surface area contributed by atoms with Gasteiger partial charge >= 0.3 is 0 Å². The van der Waals surface area contributed by atoms with E-state index in [2.05, 4.69) is 183 Å². The molecular weight excluding hydrogens is 1030 g/mol. The van der Waals surface area contributed by atoms with Gasteiger partial charge in [-0.05, 0) is 139 Å². The summed E-state index contributed by atoms with van der Waals surface area (Å²) < 4.78 is 0. The summed E-state index contributed by atoms with van der Waals surface area (Å²) in [5.41, 5.74) is 19.4. The topological polar surface area (TPSA) is 57.4 Å². The lowest BCUT2D eigenvalue weighted by Crippen LogP contribution is -2.55. The predicted octanol–water partition coefficient (Wildman–Crippen LogP) is 20.5. The quantitative estimate of drug-likeness (QED) is 0.0348. The molecule has 4 nitrogen and oxygen atoms in total. The van der Waals surface area contributed by atoms with Crippen molar-refractivity contribution in [2.45, 2.75) is 206 Å². The van der Waals surface area contributed by atoms with Gasteiger partial charge in [-0.2, -0.15) is 0 Å².